The zero-order chi connectivity index (χ0) is 12.3. The number of nitrogens with zero attached hydrogens (tertiary/aromatic N) is 3. The van der Waals surface area contributed by atoms with Crippen molar-refractivity contribution >= 4 is 11.6 Å². The van der Waals surface area contributed by atoms with Gasteiger partial charge in [-0.05, 0) is 30.7 Å². The third-order valence-electron chi connectivity index (χ3n) is 2.10. The van der Waals surface area contributed by atoms with E-state index >= 15 is 0 Å². The summed E-state index contributed by atoms with van der Waals surface area (Å²) in [6, 6.07) is 8.86. The standard InChI is InChI=1S/C12H8ClN3O/c1-8-2-3-9(13)6-11(8)17-12-15-5-4-10(7-14)16-12/h2-6H,1H3. The number of hydrogen-bond donors (Lipinski definition) is 0. The van der Waals surface area contributed by atoms with Crippen molar-refractivity contribution < 1.29 is 4.74 Å². The molecule has 1 aromatic heterocycles. The number of rotatable bonds is 2. The van der Waals surface area contributed by atoms with Gasteiger partial charge < -0.3 is 4.74 Å². The maximum atomic E-state index is 8.71. The Hall–Kier alpha value is -2.12. The summed E-state index contributed by atoms with van der Waals surface area (Å²) in [5.41, 5.74) is 1.18. The molecule has 0 saturated carbocycles. The van der Waals surface area contributed by atoms with Crippen LogP contribution in [0.5, 0.6) is 11.8 Å². The van der Waals surface area contributed by atoms with Gasteiger partial charge in [0.1, 0.15) is 17.5 Å². The monoisotopic (exact) mass is 245 g/mol. The zero-order valence-corrected chi connectivity index (χ0v) is 9.77. The molecule has 0 aliphatic rings. The molecule has 0 aliphatic heterocycles. The Bertz CT molecular complexity index is 593. The molecule has 84 valence electrons. The molecule has 0 spiro atoms. The molecule has 17 heavy (non-hydrogen) atoms. The molecule has 1 heterocycles. The summed E-state index contributed by atoms with van der Waals surface area (Å²) in [6.07, 6.45) is 1.47. The van der Waals surface area contributed by atoms with Gasteiger partial charge in [0, 0.05) is 11.2 Å². The van der Waals surface area contributed by atoms with Crippen molar-refractivity contribution in [2.45, 2.75) is 6.92 Å². The van der Waals surface area contributed by atoms with Gasteiger partial charge in [-0.1, -0.05) is 17.7 Å². The van der Waals surface area contributed by atoms with E-state index in [0.717, 1.165) is 5.56 Å². The number of hydrogen-bond acceptors (Lipinski definition) is 4. The highest BCUT2D eigenvalue weighted by Gasteiger charge is 2.05. The molecular weight excluding hydrogens is 238 g/mol. The smallest absolute Gasteiger partial charge is 0.323 e. The Morgan fingerprint density at radius 3 is 2.94 bits per heavy atom. The number of nitriles is 1. The summed E-state index contributed by atoms with van der Waals surface area (Å²) in [5, 5.41) is 9.28. The lowest BCUT2D eigenvalue weighted by molar-refractivity contribution is 0.438. The van der Waals surface area contributed by atoms with Crippen LogP contribution in [0.1, 0.15) is 11.3 Å². The first-order valence-corrected chi connectivity index (χ1v) is 5.24. The first kappa shape index (κ1) is 11.4. The molecule has 5 heteroatoms. The molecule has 0 aliphatic carbocycles. The number of aromatic nitrogens is 2. The second-order valence-electron chi connectivity index (χ2n) is 3.35. The van der Waals surface area contributed by atoms with Crippen molar-refractivity contribution in [3.63, 3.8) is 0 Å². The minimum absolute atomic E-state index is 0.134. The van der Waals surface area contributed by atoms with Gasteiger partial charge in [-0.15, -0.1) is 0 Å². The lowest BCUT2D eigenvalue weighted by Crippen LogP contribution is -1.94. The van der Waals surface area contributed by atoms with Crippen LogP contribution >= 0.6 is 11.6 Å². The van der Waals surface area contributed by atoms with Crippen LogP contribution < -0.4 is 4.74 Å². The molecule has 0 bridgehead atoms. The Kier molecular flexibility index (Phi) is 3.22. The largest absolute Gasteiger partial charge is 0.424 e. The highest BCUT2D eigenvalue weighted by molar-refractivity contribution is 6.30. The molecule has 0 atom stereocenters. The van der Waals surface area contributed by atoms with Crippen LogP contribution in [0, 0.1) is 18.3 Å². The quantitative estimate of drug-likeness (QED) is 0.816. The molecule has 4 nitrogen and oxygen atoms in total. The summed E-state index contributed by atoms with van der Waals surface area (Å²) in [4.78, 5) is 7.85. The van der Waals surface area contributed by atoms with Gasteiger partial charge in [-0.3, -0.25) is 0 Å². The van der Waals surface area contributed by atoms with Crippen molar-refractivity contribution in [3.8, 4) is 17.8 Å². The number of aryl methyl sites for hydroxylation is 1. The third kappa shape index (κ3) is 2.71. The fourth-order valence-corrected chi connectivity index (χ4v) is 1.40. The highest BCUT2D eigenvalue weighted by Crippen LogP contribution is 2.25. The lowest BCUT2D eigenvalue weighted by Gasteiger charge is -2.06. The van der Waals surface area contributed by atoms with E-state index in [0.29, 0.717) is 10.8 Å². The Balaban J connectivity index is 2.31. The van der Waals surface area contributed by atoms with Crippen molar-refractivity contribution in [1.82, 2.24) is 9.97 Å². The molecule has 1 aromatic carbocycles. The molecule has 2 aromatic rings. The van der Waals surface area contributed by atoms with E-state index < -0.39 is 0 Å². The third-order valence-corrected chi connectivity index (χ3v) is 2.33. The lowest BCUT2D eigenvalue weighted by atomic mass is 10.2. The van der Waals surface area contributed by atoms with Crippen molar-refractivity contribution in [2.24, 2.45) is 0 Å². The average Bonchev–Trinajstić information content (AvgIpc) is 2.34. The van der Waals surface area contributed by atoms with E-state index in [2.05, 4.69) is 9.97 Å². The molecular formula is C12H8ClN3O. The van der Waals surface area contributed by atoms with E-state index in [1.165, 1.54) is 12.3 Å². The van der Waals surface area contributed by atoms with E-state index in [1.54, 1.807) is 12.1 Å². The van der Waals surface area contributed by atoms with Crippen LogP contribution in [0.2, 0.25) is 5.02 Å². The summed E-state index contributed by atoms with van der Waals surface area (Å²) in [6.45, 7) is 1.89. The van der Waals surface area contributed by atoms with E-state index in [1.807, 2.05) is 19.1 Å². The predicted molar refractivity (Wildman–Crippen MR) is 63.0 cm³/mol. The molecule has 0 fully saturated rings. The second-order valence-corrected chi connectivity index (χ2v) is 3.78. The summed E-state index contributed by atoms with van der Waals surface area (Å²) in [7, 11) is 0. The molecule has 2 rings (SSSR count). The van der Waals surface area contributed by atoms with Crippen LogP contribution in [0.25, 0.3) is 0 Å². The van der Waals surface area contributed by atoms with Gasteiger partial charge in [-0.25, -0.2) is 4.98 Å². The van der Waals surface area contributed by atoms with Gasteiger partial charge in [0.2, 0.25) is 0 Å². The van der Waals surface area contributed by atoms with Gasteiger partial charge in [-0.2, -0.15) is 10.2 Å². The normalized spacial score (nSPS) is 9.71. The molecule has 0 radical (unpaired) electrons. The molecule has 0 unspecified atom stereocenters. The SMILES string of the molecule is Cc1ccc(Cl)cc1Oc1nccc(C#N)n1. The second kappa shape index (κ2) is 4.81. The van der Waals surface area contributed by atoms with Crippen molar-refractivity contribution in [1.29, 1.82) is 5.26 Å². The van der Waals surface area contributed by atoms with Crippen LogP contribution in [0.3, 0.4) is 0 Å². The van der Waals surface area contributed by atoms with Gasteiger partial charge >= 0.3 is 6.01 Å². The maximum absolute atomic E-state index is 8.71. The number of ether oxygens (including phenoxy) is 1. The molecule has 0 amide bonds. The minimum Gasteiger partial charge on any atom is -0.424 e. The van der Waals surface area contributed by atoms with Crippen LogP contribution in [-0.4, -0.2) is 9.97 Å². The van der Waals surface area contributed by atoms with E-state index in [9.17, 15) is 0 Å². The Morgan fingerprint density at radius 2 is 2.18 bits per heavy atom. The fourth-order valence-electron chi connectivity index (χ4n) is 1.23. The molecule has 0 N–H and O–H groups in total. The Labute approximate surface area is 103 Å². The van der Waals surface area contributed by atoms with Crippen molar-refractivity contribution in [2.75, 3.05) is 0 Å². The average molecular weight is 246 g/mol. The van der Waals surface area contributed by atoms with Crippen LogP contribution in [0.4, 0.5) is 0 Å². The summed E-state index contributed by atoms with van der Waals surface area (Å²) in [5.74, 6) is 0.576. The molecule has 0 saturated heterocycles. The first-order chi connectivity index (χ1) is 8.19. The topological polar surface area (TPSA) is 58.8 Å². The van der Waals surface area contributed by atoms with E-state index in [4.69, 9.17) is 21.6 Å². The van der Waals surface area contributed by atoms with Crippen LogP contribution in [0.15, 0.2) is 30.5 Å². The highest BCUT2D eigenvalue weighted by atomic mass is 35.5. The van der Waals surface area contributed by atoms with Crippen LogP contribution in [-0.2, 0) is 0 Å². The maximum Gasteiger partial charge on any atom is 0.323 e. The zero-order valence-electron chi connectivity index (χ0n) is 9.01. The summed E-state index contributed by atoms with van der Waals surface area (Å²) < 4.78 is 5.47. The number of halogens is 1. The first-order valence-electron chi connectivity index (χ1n) is 4.86. The summed E-state index contributed by atoms with van der Waals surface area (Å²) >= 11 is 5.87. The predicted octanol–water partition coefficient (Wildman–Crippen LogP) is 3.10. The van der Waals surface area contributed by atoms with Crippen molar-refractivity contribution in [3.05, 3.63) is 46.7 Å². The fraction of sp³-hybridized carbons (Fsp3) is 0.0833. The minimum atomic E-state index is 0.134. The van der Waals surface area contributed by atoms with E-state index in [-0.39, 0.29) is 11.7 Å². The van der Waals surface area contributed by atoms with Gasteiger partial charge in [0.25, 0.3) is 0 Å². The Morgan fingerprint density at radius 1 is 1.35 bits per heavy atom. The van der Waals surface area contributed by atoms with Gasteiger partial charge in [0.15, 0.2) is 0 Å². The number of benzene rings is 1. The van der Waals surface area contributed by atoms with Gasteiger partial charge in [0.05, 0.1) is 0 Å².